The second-order valence-corrected chi connectivity index (χ2v) is 5.93. The van der Waals surface area contributed by atoms with Crippen LogP contribution in [0.4, 0.5) is 0 Å². The van der Waals surface area contributed by atoms with Crippen LogP contribution in [0, 0.1) is 20.8 Å². The summed E-state index contributed by atoms with van der Waals surface area (Å²) in [6.45, 7) is 5.97. The lowest BCUT2D eigenvalue weighted by molar-refractivity contribution is 0.726. The molecule has 4 nitrogen and oxygen atoms in total. The number of rotatable bonds is 3. The lowest BCUT2D eigenvalue weighted by Gasteiger charge is -2.04. The number of halogens is 1. The van der Waals surface area contributed by atoms with Gasteiger partial charge in [-0.05, 0) is 42.8 Å². The van der Waals surface area contributed by atoms with Gasteiger partial charge in [-0.2, -0.15) is 5.10 Å². The average molecular weight is 327 g/mol. The average Bonchev–Trinajstić information content (AvgIpc) is 2.50. The zero-order valence-corrected chi connectivity index (χ0v) is 13.3. The summed E-state index contributed by atoms with van der Waals surface area (Å²) in [4.78, 5) is 8.84. The van der Waals surface area contributed by atoms with Crippen LogP contribution in [0.3, 0.4) is 0 Å². The molecule has 0 aliphatic rings. The van der Waals surface area contributed by atoms with Crippen molar-refractivity contribution in [3.05, 3.63) is 33.3 Å². The van der Waals surface area contributed by atoms with E-state index in [9.17, 15) is 0 Å². The smallest absolute Gasteiger partial charge is 0.188 e. The topological polar surface area (TPSA) is 43.6 Å². The molecular weight excluding hydrogens is 312 g/mol. The van der Waals surface area contributed by atoms with E-state index < -0.39 is 0 Å². The zero-order valence-electron chi connectivity index (χ0n) is 10.9. The van der Waals surface area contributed by atoms with Gasteiger partial charge in [0.05, 0.1) is 15.9 Å². The molecule has 2 aromatic heterocycles. The molecule has 6 heteroatoms. The second kappa shape index (κ2) is 5.40. The molecule has 0 saturated heterocycles. The van der Waals surface area contributed by atoms with E-state index in [4.69, 9.17) is 0 Å². The molecule has 0 atom stereocenters. The highest BCUT2D eigenvalue weighted by molar-refractivity contribution is 9.10. The van der Waals surface area contributed by atoms with Crippen LogP contribution in [0.2, 0.25) is 0 Å². The minimum atomic E-state index is 0.806. The maximum Gasteiger partial charge on any atom is 0.188 e. The van der Waals surface area contributed by atoms with E-state index in [1.165, 1.54) is 0 Å². The van der Waals surface area contributed by atoms with Crippen LogP contribution in [0.1, 0.15) is 22.8 Å². The number of hydrogen-bond acceptors (Lipinski definition) is 4. The molecule has 0 saturated carbocycles. The highest BCUT2D eigenvalue weighted by Crippen LogP contribution is 2.27. The van der Waals surface area contributed by atoms with Gasteiger partial charge in [0.25, 0.3) is 0 Å². The largest absolute Gasteiger partial charge is 0.270 e. The minimum Gasteiger partial charge on any atom is -0.270 e. The molecule has 2 aromatic rings. The molecule has 18 heavy (non-hydrogen) atoms. The Bertz CT molecular complexity index is 559. The summed E-state index contributed by atoms with van der Waals surface area (Å²) in [5.74, 6) is 0.806. The SMILES string of the molecule is Cc1cc(C)nc(SCc2c(Br)c(C)nn2C)n1. The molecule has 0 radical (unpaired) electrons. The van der Waals surface area contributed by atoms with Crippen molar-refractivity contribution < 1.29 is 0 Å². The Hall–Kier alpha value is -0.880. The van der Waals surface area contributed by atoms with Crippen molar-refractivity contribution in [3.63, 3.8) is 0 Å². The third kappa shape index (κ3) is 2.92. The van der Waals surface area contributed by atoms with E-state index in [-0.39, 0.29) is 0 Å². The fourth-order valence-corrected chi connectivity index (χ4v) is 3.40. The minimum absolute atomic E-state index is 0.806. The summed E-state index contributed by atoms with van der Waals surface area (Å²) in [6.07, 6.45) is 0. The Morgan fingerprint density at radius 2 is 1.83 bits per heavy atom. The molecule has 96 valence electrons. The quantitative estimate of drug-likeness (QED) is 0.641. The van der Waals surface area contributed by atoms with Gasteiger partial charge in [-0.15, -0.1) is 0 Å². The van der Waals surface area contributed by atoms with E-state index in [1.807, 2.05) is 38.6 Å². The Morgan fingerprint density at radius 3 is 2.33 bits per heavy atom. The number of nitrogens with zero attached hydrogens (tertiary/aromatic N) is 4. The van der Waals surface area contributed by atoms with Crippen molar-refractivity contribution >= 4 is 27.7 Å². The highest BCUT2D eigenvalue weighted by Gasteiger charge is 2.11. The van der Waals surface area contributed by atoms with Crippen molar-refractivity contribution in [1.29, 1.82) is 0 Å². The maximum atomic E-state index is 4.42. The second-order valence-electron chi connectivity index (χ2n) is 4.19. The maximum absolute atomic E-state index is 4.42. The number of aryl methyl sites for hydroxylation is 4. The molecule has 2 heterocycles. The standard InChI is InChI=1S/C12H15BrN4S/c1-7-5-8(2)15-12(14-7)18-6-10-11(13)9(3)16-17(10)4/h5H,6H2,1-4H3. The van der Waals surface area contributed by atoms with E-state index >= 15 is 0 Å². The van der Waals surface area contributed by atoms with Gasteiger partial charge in [0.1, 0.15) is 0 Å². The van der Waals surface area contributed by atoms with Crippen molar-refractivity contribution in [2.45, 2.75) is 31.7 Å². The zero-order chi connectivity index (χ0) is 13.3. The van der Waals surface area contributed by atoms with Crippen molar-refractivity contribution in [1.82, 2.24) is 19.7 Å². The van der Waals surface area contributed by atoms with Crippen molar-refractivity contribution in [2.75, 3.05) is 0 Å². The molecule has 0 aliphatic carbocycles. The molecule has 0 spiro atoms. The van der Waals surface area contributed by atoms with Crippen LogP contribution in [0.25, 0.3) is 0 Å². The Labute approximate surface area is 119 Å². The van der Waals surface area contributed by atoms with E-state index in [2.05, 4.69) is 31.0 Å². The normalized spacial score (nSPS) is 10.9. The Morgan fingerprint density at radius 1 is 1.22 bits per heavy atom. The lowest BCUT2D eigenvalue weighted by Crippen LogP contribution is -1.98. The third-order valence-corrected chi connectivity index (χ3v) is 4.45. The third-order valence-electron chi connectivity index (χ3n) is 2.56. The highest BCUT2D eigenvalue weighted by atomic mass is 79.9. The molecule has 0 unspecified atom stereocenters. The lowest BCUT2D eigenvalue weighted by atomic mass is 10.4. The molecule has 0 aliphatic heterocycles. The first-order valence-corrected chi connectivity index (χ1v) is 7.38. The van der Waals surface area contributed by atoms with Crippen LogP contribution < -0.4 is 0 Å². The summed E-state index contributed by atoms with van der Waals surface area (Å²) in [5, 5.41) is 5.19. The summed E-state index contributed by atoms with van der Waals surface area (Å²) < 4.78 is 2.97. The van der Waals surface area contributed by atoms with Crippen LogP contribution in [0.15, 0.2) is 15.7 Å². The van der Waals surface area contributed by atoms with E-state index in [0.717, 1.165) is 38.2 Å². The van der Waals surface area contributed by atoms with E-state index in [1.54, 1.807) is 11.8 Å². The van der Waals surface area contributed by atoms with Gasteiger partial charge in [0, 0.05) is 24.2 Å². The van der Waals surface area contributed by atoms with Gasteiger partial charge >= 0.3 is 0 Å². The van der Waals surface area contributed by atoms with Gasteiger partial charge in [-0.3, -0.25) is 4.68 Å². The number of hydrogen-bond donors (Lipinski definition) is 0. The summed E-state index contributed by atoms with van der Waals surface area (Å²) in [5.41, 5.74) is 4.17. The molecule has 0 N–H and O–H groups in total. The summed E-state index contributed by atoms with van der Waals surface area (Å²) in [7, 11) is 1.95. The van der Waals surface area contributed by atoms with Gasteiger partial charge in [0.2, 0.25) is 0 Å². The fourth-order valence-electron chi connectivity index (χ4n) is 1.73. The van der Waals surface area contributed by atoms with Crippen LogP contribution >= 0.6 is 27.7 Å². The molecule has 0 aromatic carbocycles. The van der Waals surface area contributed by atoms with Crippen molar-refractivity contribution in [3.8, 4) is 0 Å². The molecular formula is C12H15BrN4S. The molecule has 0 amide bonds. The van der Waals surface area contributed by atoms with Gasteiger partial charge in [-0.1, -0.05) is 11.8 Å². The predicted molar refractivity (Wildman–Crippen MR) is 76.7 cm³/mol. The molecule has 0 fully saturated rings. The first-order valence-electron chi connectivity index (χ1n) is 5.60. The Balaban J connectivity index is 2.16. The predicted octanol–water partition coefficient (Wildman–Crippen LogP) is 3.19. The van der Waals surface area contributed by atoms with Crippen LogP contribution in [-0.2, 0) is 12.8 Å². The van der Waals surface area contributed by atoms with Gasteiger partial charge in [-0.25, -0.2) is 9.97 Å². The van der Waals surface area contributed by atoms with E-state index in [0.29, 0.717) is 0 Å². The fraction of sp³-hybridized carbons (Fsp3) is 0.417. The Kier molecular flexibility index (Phi) is 4.07. The van der Waals surface area contributed by atoms with Gasteiger partial charge < -0.3 is 0 Å². The van der Waals surface area contributed by atoms with Crippen LogP contribution in [-0.4, -0.2) is 19.7 Å². The number of aromatic nitrogens is 4. The first kappa shape index (κ1) is 13.5. The molecule has 0 bridgehead atoms. The monoisotopic (exact) mass is 326 g/mol. The first-order chi connectivity index (χ1) is 8.47. The summed E-state index contributed by atoms with van der Waals surface area (Å²) >= 11 is 5.20. The number of thioether (sulfide) groups is 1. The van der Waals surface area contributed by atoms with Gasteiger partial charge in [0.15, 0.2) is 5.16 Å². The summed E-state index contributed by atoms with van der Waals surface area (Å²) in [6, 6.07) is 1.98. The van der Waals surface area contributed by atoms with Crippen LogP contribution in [0.5, 0.6) is 0 Å². The van der Waals surface area contributed by atoms with Crippen molar-refractivity contribution in [2.24, 2.45) is 7.05 Å². The molecule has 2 rings (SSSR count).